The summed E-state index contributed by atoms with van der Waals surface area (Å²) < 4.78 is 0. The number of halogens is 1. The average molecular weight is 340 g/mol. The van der Waals surface area contributed by atoms with E-state index in [2.05, 4.69) is 16.2 Å². The third kappa shape index (κ3) is 4.73. The maximum atomic E-state index is 11.6. The molecule has 0 aliphatic rings. The molecule has 1 aromatic heterocycles. The smallest absolute Gasteiger partial charge is 0.333 e. The molecule has 0 aliphatic carbocycles. The van der Waals surface area contributed by atoms with Crippen LogP contribution in [0.15, 0.2) is 41.8 Å². The predicted molar refractivity (Wildman–Crippen MR) is 84.7 cm³/mol. The van der Waals surface area contributed by atoms with E-state index in [1.807, 2.05) is 0 Å². The monoisotopic (exact) mass is 339 g/mol. The van der Waals surface area contributed by atoms with Gasteiger partial charge in [0.1, 0.15) is 0 Å². The van der Waals surface area contributed by atoms with Gasteiger partial charge in [-0.1, -0.05) is 29.8 Å². The largest absolute Gasteiger partial charge is 0.387 e. The Bertz CT molecular complexity index is 631. The molecule has 1 atom stereocenters. The Hall–Kier alpha value is -2.09. The van der Waals surface area contributed by atoms with Gasteiger partial charge in [-0.25, -0.2) is 10.2 Å². The minimum atomic E-state index is -0.865. The molecule has 22 heavy (non-hydrogen) atoms. The van der Waals surface area contributed by atoms with E-state index >= 15 is 0 Å². The normalized spacial score (nSPS) is 11.5. The zero-order valence-corrected chi connectivity index (χ0v) is 12.9. The molecule has 1 aromatic carbocycles. The first kappa shape index (κ1) is 16.3. The molecule has 2 aromatic rings. The summed E-state index contributed by atoms with van der Waals surface area (Å²) in [5.41, 5.74) is 5.11. The summed E-state index contributed by atoms with van der Waals surface area (Å²) >= 11 is 7.02. The number of aliphatic hydroxyl groups excluding tert-OH is 1. The van der Waals surface area contributed by atoms with Gasteiger partial charge in [-0.3, -0.25) is 10.2 Å². The lowest BCUT2D eigenvalue weighted by atomic mass is 10.1. The SMILES string of the molecule is O=C(NC[C@@H](O)c1ccc(Cl)cc1)NNC(=O)c1cccs1. The summed E-state index contributed by atoms with van der Waals surface area (Å²) in [5.74, 6) is -0.400. The number of urea groups is 1. The highest BCUT2D eigenvalue weighted by atomic mass is 35.5. The average Bonchev–Trinajstić information content (AvgIpc) is 3.05. The van der Waals surface area contributed by atoms with Crippen molar-refractivity contribution in [1.82, 2.24) is 16.2 Å². The summed E-state index contributed by atoms with van der Waals surface area (Å²) in [6, 6.07) is 9.42. The topological polar surface area (TPSA) is 90.5 Å². The van der Waals surface area contributed by atoms with Crippen molar-refractivity contribution < 1.29 is 14.7 Å². The fourth-order valence-corrected chi connectivity index (χ4v) is 2.36. The zero-order valence-electron chi connectivity index (χ0n) is 11.4. The highest BCUT2D eigenvalue weighted by molar-refractivity contribution is 7.12. The molecule has 3 amide bonds. The summed E-state index contributed by atoms with van der Waals surface area (Å²) in [6.07, 6.45) is -0.865. The minimum absolute atomic E-state index is 0.00232. The van der Waals surface area contributed by atoms with Gasteiger partial charge < -0.3 is 10.4 Å². The molecule has 0 unspecified atom stereocenters. The summed E-state index contributed by atoms with van der Waals surface area (Å²) in [5, 5.41) is 14.7. The van der Waals surface area contributed by atoms with Crippen LogP contribution in [0.4, 0.5) is 4.79 Å². The van der Waals surface area contributed by atoms with Crippen molar-refractivity contribution in [3.63, 3.8) is 0 Å². The standard InChI is InChI=1S/C14H14ClN3O3S/c15-10-5-3-9(4-6-10)11(19)8-16-14(21)18-17-13(20)12-2-1-7-22-12/h1-7,11,19H,8H2,(H,17,20)(H2,16,18,21)/t11-/m1/s1. The molecule has 0 saturated heterocycles. The van der Waals surface area contributed by atoms with Crippen LogP contribution in [0.5, 0.6) is 0 Å². The Morgan fingerprint density at radius 2 is 1.91 bits per heavy atom. The highest BCUT2D eigenvalue weighted by Crippen LogP contribution is 2.15. The summed E-state index contributed by atoms with van der Waals surface area (Å²) in [4.78, 5) is 23.6. The maximum Gasteiger partial charge on any atom is 0.333 e. The van der Waals surface area contributed by atoms with Gasteiger partial charge in [0.2, 0.25) is 0 Å². The van der Waals surface area contributed by atoms with Gasteiger partial charge in [0.25, 0.3) is 5.91 Å². The van der Waals surface area contributed by atoms with Crippen molar-refractivity contribution in [1.29, 1.82) is 0 Å². The molecule has 0 radical (unpaired) electrons. The van der Waals surface area contributed by atoms with Gasteiger partial charge in [-0.2, -0.15) is 0 Å². The van der Waals surface area contributed by atoms with Crippen LogP contribution in [-0.4, -0.2) is 23.6 Å². The number of thiophene rings is 1. The lowest BCUT2D eigenvalue weighted by Gasteiger charge is -2.13. The van der Waals surface area contributed by atoms with Gasteiger partial charge in [0.15, 0.2) is 0 Å². The molecule has 2 rings (SSSR count). The summed E-state index contributed by atoms with van der Waals surface area (Å²) in [6.45, 7) is 0.00232. The van der Waals surface area contributed by atoms with Gasteiger partial charge in [0.05, 0.1) is 11.0 Å². The molecule has 0 spiro atoms. The molecule has 0 saturated carbocycles. The van der Waals surface area contributed by atoms with Gasteiger partial charge in [0, 0.05) is 11.6 Å². The van der Waals surface area contributed by atoms with Crippen LogP contribution in [0.2, 0.25) is 5.02 Å². The third-order valence-corrected chi connectivity index (χ3v) is 3.87. The Kier molecular flexibility index (Phi) is 5.76. The van der Waals surface area contributed by atoms with E-state index in [4.69, 9.17) is 11.6 Å². The molecule has 1 heterocycles. The van der Waals surface area contributed by atoms with Crippen molar-refractivity contribution in [2.24, 2.45) is 0 Å². The van der Waals surface area contributed by atoms with E-state index in [1.54, 1.807) is 41.8 Å². The van der Waals surface area contributed by atoms with E-state index in [1.165, 1.54) is 11.3 Å². The van der Waals surface area contributed by atoms with Crippen LogP contribution >= 0.6 is 22.9 Å². The van der Waals surface area contributed by atoms with Crippen LogP contribution < -0.4 is 16.2 Å². The number of hydrogen-bond acceptors (Lipinski definition) is 4. The van der Waals surface area contributed by atoms with Crippen molar-refractivity contribution in [3.8, 4) is 0 Å². The second-order valence-electron chi connectivity index (χ2n) is 4.33. The number of nitrogens with one attached hydrogen (secondary N) is 3. The zero-order chi connectivity index (χ0) is 15.9. The number of carbonyl (C=O) groups excluding carboxylic acids is 2. The fourth-order valence-electron chi connectivity index (χ4n) is 1.62. The molecule has 8 heteroatoms. The molecule has 0 fully saturated rings. The van der Waals surface area contributed by atoms with E-state index < -0.39 is 18.0 Å². The Labute approximate surface area is 136 Å². The van der Waals surface area contributed by atoms with Crippen LogP contribution in [0, 0.1) is 0 Å². The molecule has 116 valence electrons. The van der Waals surface area contributed by atoms with Gasteiger partial charge in [-0.05, 0) is 29.1 Å². The number of rotatable bonds is 4. The van der Waals surface area contributed by atoms with Crippen LogP contribution in [-0.2, 0) is 0 Å². The number of hydrogen-bond donors (Lipinski definition) is 4. The maximum absolute atomic E-state index is 11.6. The van der Waals surface area contributed by atoms with Gasteiger partial charge in [-0.15, -0.1) is 11.3 Å². The molecule has 0 bridgehead atoms. The lowest BCUT2D eigenvalue weighted by molar-refractivity contribution is 0.0939. The fraction of sp³-hybridized carbons (Fsp3) is 0.143. The van der Waals surface area contributed by atoms with Crippen LogP contribution in [0.1, 0.15) is 21.3 Å². The number of hydrazine groups is 1. The van der Waals surface area contributed by atoms with E-state index in [-0.39, 0.29) is 6.54 Å². The van der Waals surface area contributed by atoms with Crippen molar-refractivity contribution in [2.45, 2.75) is 6.10 Å². The van der Waals surface area contributed by atoms with Crippen molar-refractivity contribution >= 4 is 34.9 Å². The first-order chi connectivity index (χ1) is 10.6. The number of aliphatic hydroxyl groups is 1. The van der Waals surface area contributed by atoms with E-state index in [9.17, 15) is 14.7 Å². The van der Waals surface area contributed by atoms with Crippen LogP contribution in [0.25, 0.3) is 0 Å². The molecular formula is C14H14ClN3O3S. The van der Waals surface area contributed by atoms with Crippen molar-refractivity contribution in [2.75, 3.05) is 6.54 Å². The predicted octanol–water partition coefficient (Wildman–Crippen LogP) is 2.08. The van der Waals surface area contributed by atoms with Gasteiger partial charge >= 0.3 is 6.03 Å². The number of carbonyl (C=O) groups is 2. The molecule has 6 nitrogen and oxygen atoms in total. The molecular weight excluding hydrogens is 326 g/mol. The van der Waals surface area contributed by atoms with E-state index in [0.29, 0.717) is 15.5 Å². The molecule has 0 aliphatic heterocycles. The first-order valence-corrected chi connectivity index (χ1v) is 7.63. The van der Waals surface area contributed by atoms with Crippen LogP contribution in [0.3, 0.4) is 0 Å². The number of amides is 3. The Morgan fingerprint density at radius 3 is 2.55 bits per heavy atom. The van der Waals surface area contributed by atoms with E-state index in [0.717, 1.165) is 0 Å². The second kappa shape index (κ2) is 7.79. The second-order valence-corrected chi connectivity index (χ2v) is 5.72. The summed E-state index contributed by atoms with van der Waals surface area (Å²) in [7, 11) is 0. The quantitative estimate of drug-likeness (QED) is 0.643. The highest BCUT2D eigenvalue weighted by Gasteiger charge is 2.11. The first-order valence-electron chi connectivity index (χ1n) is 6.37. The third-order valence-electron chi connectivity index (χ3n) is 2.75. The lowest BCUT2D eigenvalue weighted by Crippen LogP contribution is -2.47. The minimum Gasteiger partial charge on any atom is -0.387 e. The number of benzene rings is 1. The Morgan fingerprint density at radius 1 is 1.18 bits per heavy atom. The molecule has 4 N–H and O–H groups in total. The van der Waals surface area contributed by atoms with Crippen molar-refractivity contribution in [3.05, 3.63) is 57.2 Å². The Balaban J connectivity index is 1.73.